The molecule has 7 nitrogen and oxygen atoms in total. The first-order valence-corrected chi connectivity index (χ1v) is 10.8. The number of benzene rings is 1. The standard InChI is InChI=1S/C22H26F3N5O2/c1-16-26-19(28-8-3-2-4-9-28)15-20(27-16)29-10-12-30(13-11-29)21(31)17-6-5-7-18(14-17)32-22(23,24)25/h5-7,14-15H,2-4,8-13H2,1H3. The molecule has 0 spiro atoms. The zero-order valence-electron chi connectivity index (χ0n) is 17.9. The number of anilines is 2. The minimum atomic E-state index is -4.80. The first-order valence-electron chi connectivity index (χ1n) is 10.8. The molecule has 2 aliphatic heterocycles. The van der Waals surface area contributed by atoms with Crippen LogP contribution in [0, 0.1) is 6.92 Å². The first kappa shape index (κ1) is 22.2. The average molecular weight is 449 g/mol. The predicted molar refractivity (Wildman–Crippen MR) is 114 cm³/mol. The maximum Gasteiger partial charge on any atom is 0.573 e. The van der Waals surface area contributed by atoms with Crippen LogP contribution in [0.5, 0.6) is 5.75 Å². The second kappa shape index (κ2) is 9.22. The van der Waals surface area contributed by atoms with E-state index in [0.717, 1.165) is 43.6 Å². The Labute approximate surface area is 184 Å². The molecule has 2 aromatic rings. The molecule has 0 bridgehead atoms. The van der Waals surface area contributed by atoms with Gasteiger partial charge in [0.2, 0.25) is 0 Å². The summed E-state index contributed by atoms with van der Waals surface area (Å²) in [7, 11) is 0. The summed E-state index contributed by atoms with van der Waals surface area (Å²) in [6.45, 7) is 5.94. The van der Waals surface area contributed by atoms with Crippen molar-refractivity contribution in [1.82, 2.24) is 14.9 Å². The van der Waals surface area contributed by atoms with Gasteiger partial charge < -0.3 is 19.4 Å². The number of amides is 1. The van der Waals surface area contributed by atoms with Crippen LogP contribution in [-0.4, -0.2) is 66.4 Å². The van der Waals surface area contributed by atoms with E-state index in [0.29, 0.717) is 32.0 Å². The summed E-state index contributed by atoms with van der Waals surface area (Å²) < 4.78 is 41.3. The van der Waals surface area contributed by atoms with Gasteiger partial charge in [0.25, 0.3) is 5.91 Å². The zero-order valence-corrected chi connectivity index (χ0v) is 17.9. The molecular weight excluding hydrogens is 423 g/mol. The number of carbonyl (C=O) groups excluding carboxylic acids is 1. The van der Waals surface area contributed by atoms with Gasteiger partial charge in [-0.1, -0.05) is 6.07 Å². The third kappa shape index (κ3) is 5.41. The summed E-state index contributed by atoms with van der Waals surface area (Å²) >= 11 is 0. The molecule has 0 aliphatic carbocycles. The van der Waals surface area contributed by atoms with Gasteiger partial charge in [-0.05, 0) is 44.4 Å². The van der Waals surface area contributed by atoms with Gasteiger partial charge >= 0.3 is 6.36 Å². The van der Waals surface area contributed by atoms with Crippen molar-refractivity contribution in [2.24, 2.45) is 0 Å². The molecule has 10 heteroatoms. The molecule has 1 amide bonds. The maximum atomic E-state index is 12.8. The number of hydrogen-bond donors (Lipinski definition) is 0. The number of nitrogens with zero attached hydrogens (tertiary/aromatic N) is 5. The second-order valence-electron chi connectivity index (χ2n) is 8.03. The second-order valence-corrected chi connectivity index (χ2v) is 8.03. The van der Waals surface area contributed by atoms with Crippen LogP contribution in [0.25, 0.3) is 0 Å². The Kier molecular flexibility index (Phi) is 6.38. The highest BCUT2D eigenvalue weighted by atomic mass is 19.4. The summed E-state index contributed by atoms with van der Waals surface area (Å²) in [5.41, 5.74) is 0.172. The minimum absolute atomic E-state index is 0.172. The predicted octanol–water partition coefficient (Wildman–Crippen LogP) is 3.64. The van der Waals surface area contributed by atoms with E-state index in [9.17, 15) is 18.0 Å². The van der Waals surface area contributed by atoms with Crippen molar-refractivity contribution in [2.75, 3.05) is 49.1 Å². The Bertz CT molecular complexity index is 955. The molecule has 32 heavy (non-hydrogen) atoms. The number of piperidine rings is 1. The van der Waals surface area contributed by atoms with Crippen LogP contribution in [0.3, 0.4) is 0 Å². The van der Waals surface area contributed by atoms with Crippen molar-refractivity contribution in [1.29, 1.82) is 0 Å². The Hall–Kier alpha value is -3.04. The van der Waals surface area contributed by atoms with Crippen molar-refractivity contribution >= 4 is 17.5 Å². The van der Waals surface area contributed by atoms with E-state index in [4.69, 9.17) is 0 Å². The van der Waals surface area contributed by atoms with Gasteiger partial charge in [-0.3, -0.25) is 4.79 Å². The summed E-state index contributed by atoms with van der Waals surface area (Å²) in [4.78, 5) is 28.1. The molecule has 0 radical (unpaired) electrons. The fourth-order valence-corrected chi connectivity index (χ4v) is 4.13. The van der Waals surface area contributed by atoms with E-state index in [-0.39, 0.29) is 11.5 Å². The molecule has 2 aliphatic rings. The maximum absolute atomic E-state index is 12.8. The molecule has 2 saturated heterocycles. The third-order valence-electron chi connectivity index (χ3n) is 5.70. The van der Waals surface area contributed by atoms with Gasteiger partial charge in [0.15, 0.2) is 0 Å². The molecular formula is C22H26F3N5O2. The lowest BCUT2D eigenvalue weighted by atomic mass is 10.1. The topological polar surface area (TPSA) is 61.8 Å². The lowest BCUT2D eigenvalue weighted by Gasteiger charge is -2.36. The molecule has 2 fully saturated rings. The number of ether oxygens (including phenoxy) is 1. The smallest absolute Gasteiger partial charge is 0.406 e. The molecule has 3 heterocycles. The Morgan fingerprint density at radius 1 is 0.906 bits per heavy atom. The molecule has 1 aromatic carbocycles. The first-order chi connectivity index (χ1) is 15.3. The number of carbonyl (C=O) groups is 1. The summed E-state index contributed by atoms with van der Waals surface area (Å²) in [5, 5.41) is 0. The molecule has 172 valence electrons. The zero-order chi connectivity index (χ0) is 22.7. The number of hydrogen-bond acceptors (Lipinski definition) is 6. The van der Waals surface area contributed by atoms with E-state index in [1.165, 1.54) is 24.6 Å². The van der Waals surface area contributed by atoms with Crippen LogP contribution in [0.15, 0.2) is 30.3 Å². The highest BCUT2D eigenvalue weighted by molar-refractivity contribution is 5.94. The van der Waals surface area contributed by atoms with Crippen LogP contribution >= 0.6 is 0 Å². The number of piperazine rings is 1. The Balaban J connectivity index is 1.41. The number of rotatable bonds is 4. The molecule has 0 unspecified atom stereocenters. The molecule has 0 atom stereocenters. The number of halogens is 3. The summed E-state index contributed by atoms with van der Waals surface area (Å²) in [5.74, 6) is 1.77. The fourth-order valence-electron chi connectivity index (χ4n) is 4.13. The van der Waals surface area contributed by atoms with E-state index >= 15 is 0 Å². The van der Waals surface area contributed by atoms with Crippen LogP contribution in [0.2, 0.25) is 0 Å². The summed E-state index contributed by atoms with van der Waals surface area (Å²) in [6.07, 6.45) is -1.23. The SMILES string of the molecule is Cc1nc(N2CCCCC2)cc(N2CCN(C(=O)c3cccc(OC(F)(F)F)c3)CC2)n1. The number of aromatic nitrogens is 2. The monoisotopic (exact) mass is 449 g/mol. The lowest BCUT2D eigenvalue weighted by Crippen LogP contribution is -2.49. The van der Waals surface area contributed by atoms with Crippen molar-refractivity contribution in [3.8, 4) is 5.75 Å². The van der Waals surface area contributed by atoms with Crippen LogP contribution in [0.4, 0.5) is 24.8 Å². The van der Waals surface area contributed by atoms with E-state index in [1.54, 1.807) is 4.90 Å². The third-order valence-corrected chi connectivity index (χ3v) is 5.70. The summed E-state index contributed by atoms with van der Waals surface area (Å²) in [6, 6.07) is 7.20. The van der Waals surface area contributed by atoms with Crippen LogP contribution < -0.4 is 14.5 Å². The van der Waals surface area contributed by atoms with Gasteiger partial charge in [-0.25, -0.2) is 9.97 Å². The fraction of sp³-hybridized carbons (Fsp3) is 0.500. The van der Waals surface area contributed by atoms with Gasteiger partial charge in [-0.15, -0.1) is 13.2 Å². The molecule has 0 saturated carbocycles. The van der Waals surface area contributed by atoms with Crippen LogP contribution in [-0.2, 0) is 0 Å². The van der Waals surface area contributed by atoms with Crippen molar-refractivity contribution in [3.05, 3.63) is 41.7 Å². The van der Waals surface area contributed by atoms with E-state index in [1.807, 2.05) is 13.0 Å². The quantitative estimate of drug-likeness (QED) is 0.711. The van der Waals surface area contributed by atoms with Gasteiger partial charge in [0.05, 0.1) is 0 Å². The molecule has 1 aromatic heterocycles. The Morgan fingerprint density at radius 3 is 2.16 bits per heavy atom. The Morgan fingerprint density at radius 2 is 1.53 bits per heavy atom. The normalized spacial score (nSPS) is 17.4. The van der Waals surface area contributed by atoms with Gasteiger partial charge in [-0.2, -0.15) is 0 Å². The highest BCUT2D eigenvalue weighted by Crippen LogP contribution is 2.25. The van der Waals surface area contributed by atoms with Gasteiger partial charge in [0.1, 0.15) is 23.2 Å². The number of alkyl halides is 3. The van der Waals surface area contributed by atoms with Crippen molar-refractivity contribution in [3.63, 3.8) is 0 Å². The highest BCUT2D eigenvalue weighted by Gasteiger charge is 2.31. The lowest BCUT2D eigenvalue weighted by molar-refractivity contribution is -0.274. The van der Waals surface area contributed by atoms with Crippen LogP contribution in [0.1, 0.15) is 35.4 Å². The molecule has 0 N–H and O–H groups in total. The largest absolute Gasteiger partial charge is 0.573 e. The van der Waals surface area contributed by atoms with Crippen molar-refractivity contribution in [2.45, 2.75) is 32.5 Å². The molecule has 4 rings (SSSR count). The van der Waals surface area contributed by atoms with Crippen molar-refractivity contribution < 1.29 is 22.7 Å². The minimum Gasteiger partial charge on any atom is -0.406 e. The van der Waals surface area contributed by atoms with Gasteiger partial charge in [0, 0.05) is 50.9 Å². The average Bonchev–Trinajstić information content (AvgIpc) is 2.78. The number of aryl methyl sites for hydroxylation is 1. The van der Waals surface area contributed by atoms with E-state index in [2.05, 4.69) is 24.5 Å². The van der Waals surface area contributed by atoms with E-state index < -0.39 is 12.1 Å².